The van der Waals surface area contributed by atoms with Crippen molar-refractivity contribution in [3.05, 3.63) is 405 Å². The fourth-order valence-corrected chi connectivity index (χ4v) is 13.0. The van der Waals surface area contributed by atoms with Gasteiger partial charge in [-0.05, 0) is 177 Å². The Bertz CT molecular complexity index is 3970. The van der Waals surface area contributed by atoms with Gasteiger partial charge in [0.2, 0.25) is 0 Å². The summed E-state index contributed by atoms with van der Waals surface area (Å²) in [6, 6.07) is 109. The summed E-state index contributed by atoms with van der Waals surface area (Å²) < 4.78 is 0. The first-order valence-corrected chi connectivity index (χ1v) is 28.3. The van der Waals surface area contributed by atoms with Crippen molar-refractivity contribution in [2.24, 2.45) is 5.92 Å². The van der Waals surface area contributed by atoms with Crippen LogP contribution in [0.25, 0.3) is 57.2 Å². The first-order chi connectivity index (χ1) is 40.2. The van der Waals surface area contributed by atoms with E-state index in [1.165, 1.54) is 128 Å². The number of hydrogen-bond acceptors (Lipinski definition) is 0. The summed E-state index contributed by atoms with van der Waals surface area (Å²) >= 11 is 0. The van der Waals surface area contributed by atoms with Gasteiger partial charge in [-0.15, -0.1) is 0 Å². The molecule has 0 nitrogen and oxygen atoms in total. The lowest BCUT2D eigenvalue weighted by Gasteiger charge is -2.35. The third-order valence-electron chi connectivity index (χ3n) is 16.6. The molecule has 0 heterocycles. The Kier molecular flexibility index (Phi) is 13.1. The third kappa shape index (κ3) is 9.31. The van der Waals surface area contributed by atoms with Gasteiger partial charge in [-0.3, -0.25) is 0 Å². The Morgan fingerprint density at radius 2 is 0.568 bits per heavy atom. The maximum absolute atomic E-state index is 2.54. The van der Waals surface area contributed by atoms with E-state index in [2.05, 4.69) is 334 Å². The fraction of sp³-hybridized carbons (Fsp3) is 0.0370. The van der Waals surface area contributed by atoms with Gasteiger partial charge in [0.1, 0.15) is 0 Å². The maximum Gasteiger partial charge on any atom is 0.0689 e. The standard InChI is InChI=1S/C81H58/c1-9-25-61(26-10-1)73(62-27-11-2-12-28-62)49-57-41-45-69-70-46-42-58(50-74(63-29-13-3-14-30-63)64-31-15-4-16-32-64)54-78(70)81(77(69)53-57)79-55-59(51-75(65-33-17-5-18-34-65)66-35-19-6-20-36-66)43-47-71(79)72-48-44-60(56-80(72)81)52-76(67-37-21-7-22-38-67)68-39-23-8-24-40-68/h1-55,60H,56H2. The lowest BCUT2D eigenvalue weighted by molar-refractivity contribution is 0.665. The van der Waals surface area contributed by atoms with Crippen LogP contribution in [0.4, 0.5) is 0 Å². The van der Waals surface area contributed by atoms with Crippen molar-refractivity contribution in [3.63, 3.8) is 0 Å². The van der Waals surface area contributed by atoms with E-state index in [1.54, 1.807) is 0 Å². The van der Waals surface area contributed by atoms with E-state index in [9.17, 15) is 0 Å². The van der Waals surface area contributed by atoms with E-state index >= 15 is 0 Å². The Morgan fingerprint density at radius 3 is 0.877 bits per heavy atom. The third-order valence-corrected chi connectivity index (χ3v) is 16.6. The van der Waals surface area contributed by atoms with Crippen LogP contribution in [0.5, 0.6) is 0 Å². The lowest BCUT2D eigenvalue weighted by Crippen LogP contribution is -2.29. The smallest absolute Gasteiger partial charge is 0.0689 e. The van der Waals surface area contributed by atoms with E-state index in [0.29, 0.717) is 0 Å². The van der Waals surface area contributed by atoms with Gasteiger partial charge in [0.15, 0.2) is 0 Å². The topological polar surface area (TPSA) is 0 Å². The van der Waals surface area contributed by atoms with Gasteiger partial charge >= 0.3 is 0 Å². The summed E-state index contributed by atoms with van der Waals surface area (Å²) in [7, 11) is 0. The molecule has 0 saturated carbocycles. The minimum absolute atomic E-state index is 0.108. The molecule has 382 valence electrons. The van der Waals surface area contributed by atoms with Crippen LogP contribution >= 0.6 is 0 Å². The highest BCUT2D eigenvalue weighted by molar-refractivity contribution is 6.01. The Labute approximate surface area is 476 Å². The summed E-state index contributed by atoms with van der Waals surface area (Å²) in [5, 5.41) is 0. The molecule has 11 aromatic carbocycles. The summed E-state index contributed by atoms with van der Waals surface area (Å²) in [5.41, 5.74) is 27.8. The maximum atomic E-state index is 2.54. The van der Waals surface area contributed by atoms with E-state index in [1.807, 2.05) is 0 Å². The van der Waals surface area contributed by atoms with Crippen LogP contribution in [-0.2, 0) is 5.41 Å². The minimum Gasteiger partial charge on any atom is -0.0767 e. The van der Waals surface area contributed by atoms with E-state index < -0.39 is 5.41 Å². The molecule has 14 rings (SSSR count). The molecule has 0 fully saturated rings. The molecule has 1 spiro atoms. The fourth-order valence-electron chi connectivity index (χ4n) is 13.0. The average Bonchev–Trinajstić information content (AvgIpc) is 3.31. The molecule has 0 aromatic heterocycles. The van der Waals surface area contributed by atoms with E-state index in [0.717, 1.165) is 6.42 Å². The zero-order valence-electron chi connectivity index (χ0n) is 45.0. The predicted octanol–water partition coefficient (Wildman–Crippen LogP) is 20.2. The molecule has 81 heavy (non-hydrogen) atoms. The van der Waals surface area contributed by atoms with Gasteiger partial charge < -0.3 is 0 Å². The zero-order valence-corrected chi connectivity index (χ0v) is 45.0. The minimum atomic E-state index is -0.650. The Hall–Kier alpha value is -10.1. The Balaban J connectivity index is 1.04. The monoisotopic (exact) mass is 1030 g/mol. The molecule has 3 aliphatic rings. The molecule has 0 radical (unpaired) electrons. The van der Waals surface area contributed by atoms with E-state index in [4.69, 9.17) is 0 Å². The van der Waals surface area contributed by atoms with Crippen molar-refractivity contribution in [2.75, 3.05) is 0 Å². The van der Waals surface area contributed by atoms with Crippen LogP contribution in [0.3, 0.4) is 0 Å². The summed E-state index contributed by atoms with van der Waals surface area (Å²) in [4.78, 5) is 0. The van der Waals surface area contributed by atoms with Crippen LogP contribution < -0.4 is 0 Å². The number of rotatable bonds is 12. The molecule has 0 heteroatoms. The highest BCUT2D eigenvalue weighted by Gasteiger charge is 2.53. The molecule has 1 atom stereocenters. The van der Waals surface area contributed by atoms with Crippen LogP contribution in [0.15, 0.2) is 321 Å². The quantitative estimate of drug-likeness (QED) is 0.107. The second kappa shape index (κ2) is 21.6. The number of fused-ring (bicyclic) bond motifs is 9. The Morgan fingerprint density at radius 1 is 0.296 bits per heavy atom. The first-order valence-electron chi connectivity index (χ1n) is 28.3. The van der Waals surface area contributed by atoms with Crippen molar-refractivity contribution < 1.29 is 0 Å². The second-order valence-corrected chi connectivity index (χ2v) is 21.5. The van der Waals surface area contributed by atoms with Gasteiger partial charge in [0.05, 0.1) is 5.41 Å². The van der Waals surface area contributed by atoms with Crippen molar-refractivity contribution in [1.82, 2.24) is 0 Å². The normalized spacial score (nSPS) is 14.0. The molecule has 0 N–H and O–H groups in total. The van der Waals surface area contributed by atoms with Crippen LogP contribution in [0, 0.1) is 5.92 Å². The highest BCUT2D eigenvalue weighted by atomic mass is 14.5. The summed E-state index contributed by atoms with van der Waals surface area (Å²) in [6.07, 6.45) is 15.5. The van der Waals surface area contributed by atoms with Gasteiger partial charge in [-0.1, -0.05) is 297 Å². The number of benzene rings is 11. The lowest BCUT2D eigenvalue weighted by atomic mass is 9.66. The second-order valence-electron chi connectivity index (χ2n) is 21.5. The molecular weight excluding hydrogens is 973 g/mol. The first kappa shape index (κ1) is 49.2. The van der Waals surface area contributed by atoms with Gasteiger partial charge in [-0.25, -0.2) is 0 Å². The average molecular weight is 1030 g/mol. The van der Waals surface area contributed by atoms with Crippen molar-refractivity contribution >= 4 is 46.1 Å². The molecule has 3 aliphatic carbocycles. The molecule has 0 aliphatic heterocycles. The van der Waals surface area contributed by atoms with Crippen LogP contribution in [-0.4, -0.2) is 0 Å². The van der Waals surface area contributed by atoms with Gasteiger partial charge in [0.25, 0.3) is 0 Å². The van der Waals surface area contributed by atoms with Gasteiger partial charge in [-0.2, -0.15) is 0 Å². The SMILES string of the molecule is C1=CC(C=C(c2ccccc2)c2ccccc2)CC2=C1c1ccc(C=C(c3ccccc3)c3ccccc3)cc1C21c2cc(C=C(c3ccccc3)c3ccccc3)ccc2-c2ccc(C=C(c3ccccc3)c3ccccc3)cc21. The summed E-state index contributed by atoms with van der Waals surface area (Å²) in [6.45, 7) is 0. The molecule has 0 saturated heterocycles. The molecule has 0 bridgehead atoms. The van der Waals surface area contributed by atoms with E-state index in [-0.39, 0.29) is 5.92 Å². The van der Waals surface area contributed by atoms with Crippen molar-refractivity contribution in [2.45, 2.75) is 11.8 Å². The van der Waals surface area contributed by atoms with Crippen molar-refractivity contribution in [3.8, 4) is 11.1 Å². The predicted molar refractivity (Wildman–Crippen MR) is 342 cm³/mol. The number of allylic oxidation sites excluding steroid dienone is 5. The zero-order chi connectivity index (χ0) is 54.0. The van der Waals surface area contributed by atoms with Crippen molar-refractivity contribution in [1.29, 1.82) is 0 Å². The molecular formula is C81H58. The summed E-state index contributed by atoms with van der Waals surface area (Å²) in [5.74, 6) is 0.108. The largest absolute Gasteiger partial charge is 0.0767 e. The highest BCUT2D eigenvalue weighted by Crippen LogP contribution is 2.65. The van der Waals surface area contributed by atoms with Crippen LogP contribution in [0.2, 0.25) is 0 Å². The molecule has 1 unspecified atom stereocenters. The molecule has 0 amide bonds. The number of hydrogen-bond donors (Lipinski definition) is 0. The van der Waals surface area contributed by atoms with Crippen LogP contribution in [0.1, 0.15) is 89.9 Å². The van der Waals surface area contributed by atoms with Gasteiger partial charge in [0, 0.05) is 0 Å². The molecule has 11 aromatic rings.